The van der Waals surface area contributed by atoms with Crippen molar-refractivity contribution >= 4 is 23.5 Å². The van der Waals surface area contributed by atoms with Crippen molar-refractivity contribution in [1.82, 2.24) is 14.5 Å². The van der Waals surface area contributed by atoms with E-state index in [9.17, 15) is 4.79 Å². The molecule has 2 aromatic rings. The Morgan fingerprint density at radius 3 is 2.95 bits per heavy atom. The minimum atomic E-state index is -0.236. The zero-order chi connectivity index (χ0) is 13.8. The molecule has 1 N–H and O–H groups in total. The number of hydrogen-bond donors (Lipinski definition) is 1. The van der Waals surface area contributed by atoms with Gasteiger partial charge in [-0.15, -0.1) is 0 Å². The molecule has 0 fully saturated rings. The van der Waals surface area contributed by atoms with Gasteiger partial charge in [0, 0.05) is 18.4 Å². The van der Waals surface area contributed by atoms with E-state index in [1.165, 1.54) is 0 Å². The number of nitrogens with zero attached hydrogens (tertiary/aromatic N) is 3. The Bertz CT molecular complexity index is 574. The first-order chi connectivity index (χ1) is 9.10. The summed E-state index contributed by atoms with van der Waals surface area (Å²) < 4.78 is 1.90. The van der Waals surface area contributed by atoms with E-state index < -0.39 is 0 Å². The molecule has 0 unspecified atom stereocenters. The van der Waals surface area contributed by atoms with Gasteiger partial charge >= 0.3 is 0 Å². The van der Waals surface area contributed by atoms with Crippen LogP contribution in [0.25, 0.3) is 0 Å². The summed E-state index contributed by atoms with van der Waals surface area (Å²) >= 11 is 5.83. The van der Waals surface area contributed by atoms with Gasteiger partial charge in [-0.2, -0.15) is 0 Å². The molecule has 0 aliphatic carbocycles. The fraction of sp³-hybridized carbons (Fsp3) is 0.308. The number of amides is 1. The Morgan fingerprint density at radius 1 is 1.47 bits per heavy atom. The quantitative estimate of drug-likeness (QED) is 0.875. The van der Waals surface area contributed by atoms with E-state index in [2.05, 4.69) is 22.2 Å². The molecule has 0 saturated heterocycles. The van der Waals surface area contributed by atoms with E-state index in [1.807, 2.05) is 16.8 Å². The number of nitrogens with one attached hydrogen (secondary N) is 1. The maximum atomic E-state index is 12.1. The summed E-state index contributed by atoms with van der Waals surface area (Å²) in [6.07, 6.45) is 2.84. The molecule has 19 heavy (non-hydrogen) atoms. The van der Waals surface area contributed by atoms with Crippen LogP contribution in [0.1, 0.15) is 29.5 Å². The second kappa shape index (κ2) is 5.84. The Kier molecular flexibility index (Phi) is 4.16. The molecule has 0 atom stereocenters. The monoisotopic (exact) mass is 278 g/mol. The van der Waals surface area contributed by atoms with Gasteiger partial charge in [0.25, 0.3) is 5.91 Å². The molecule has 0 aromatic carbocycles. The molecule has 0 radical (unpaired) electrons. The summed E-state index contributed by atoms with van der Waals surface area (Å²) in [6.45, 7) is 4.65. The van der Waals surface area contributed by atoms with Crippen LogP contribution in [0.2, 0.25) is 5.15 Å². The SMILES string of the molecule is CCCn1cccc1C(=O)Nc1nc(C)cc(Cl)n1. The van der Waals surface area contributed by atoms with Crippen molar-refractivity contribution in [2.45, 2.75) is 26.8 Å². The highest BCUT2D eigenvalue weighted by Gasteiger charge is 2.12. The molecular formula is C13H15ClN4O. The minimum absolute atomic E-state index is 0.222. The summed E-state index contributed by atoms with van der Waals surface area (Å²) in [7, 11) is 0. The lowest BCUT2D eigenvalue weighted by Gasteiger charge is -2.08. The molecule has 0 aliphatic heterocycles. The van der Waals surface area contributed by atoms with E-state index in [0.717, 1.165) is 13.0 Å². The number of anilines is 1. The van der Waals surface area contributed by atoms with Gasteiger partial charge in [-0.1, -0.05) is 18.5 Å². The van der Waals surface area contributed by atoms with Crippen LogP contribution in [-0.2, 0) is 6.54 Å². The lowest BCUT2D eigenvalue weighted by Crippen LogP contribution is -2.18. The van der Waals surface area contributed by atoms with Gasteiger partial charge in [-0.25, -0.2) is 9.97 Å². The van der Waals surface area contributed by atoms with Gasteiger partial charge in [0.15, 0.2) is 0 Å². The van der Waals surface area contributed by atoms with Gasteiger partial charge in [0.2, 0.25) is 5.95 Å². The molecule has 0 aliphatic rings. The predicted octanol–water partition coefficient (Wildman–Crippen LogP) is 2.90. The summed E-state index contributed by atoms with van der Waals surface area (Å²) in [5, 5.41) is 2.97. The molecule has 1 amide bonds. The van der Waals surface area contributed by atoms with Crippen molar-refractivity contribution in [2.24, 2.45) is 0 Å². The summed E-state index contributed by atoms with van der Waals surface area (Å²) in [5.41, 5.74) is 1.29. The Hall–Kier alpha value is -1.88. The van der Waals surface area contributed by atoms with E-state index in [0.29, 0.717) is 16.5 Å². The Balaban J connectivity index is 2.18. The Labute approximate surface area is 116 Å². The predicted molar refractivity (Wildman–Crippen MR) is 74.5 cm³/mol. The first-order valence-electron chi connectivity index (χ1n) is 6.08. The first-order valence-corrected chi connectivity index (χ1v) is 6.45. The van der Waals surface area contributed by atoms with E-state index in [-0.39, 0.29) is 11.9 Å². The van der Waals surface area contributed by atoms with E-state index in [1.54, 1.807) is 19.1 Å². The summed E-state index contributed by atoms with van der Waals surface area (Å²) in [5.74, 6) is -0.0145. The topological polar surface area (TPSA) is 59.8 Å². The third-order valence-corrected chi connectivity index (χ3v) is 2.77. The van der Waals surface area contributed by atoms with Crippen molar-refractivity contribution in [3.63, 3.8) is 0 Å². The van der Waals surface area contributed by atoms with Crippen molar-refractivity contribution in [2.75, 3.05) is 5.32 Å². The maximum absolute atomic E-state index is 12.1. The van der Waals surface area contributed by atoms with Crippen LogP contribution in [0.3, 0.4) is 0 Å². The molecule has 2 heterocycles. The molecule has 6 heteroatoms. The maximum Gasteiger partial charge on any atom is 0.274 e. The third-order valence-electron chi connectivity index (χ3n) is 2.57. The van der Waals surface area contributed by atoms with Crippen molar-refractivity contribution in [1.29, 1.82) is 0 Å². The minimum Gasteiger partial charge on any atom is -0.344 e. The molecule has 2 rings (SSSR count). The largest absolute Gasteiger partial charge is 0.344 e. The molecule has 0 bridgehead atoms. The van der Waals surface area contributed by atoms with Crippen LogP contribution in [0.15, 0.2) is 24.4 Å². The highest BCUT2D eigenvalue weighted by molar-refractivity contribution is 6.29. The van der Waals surface area contributed by atoms with Gasteiger partial charge in [0.05, 0.1) is 0 Å². The van der Waals surface area contributed by atoms with Crippen LogP contribution in [0, 0.1) is 6.92 Å². The second-order valence-electron chi connectivity index (χ2n) is 4.20. The molecular weight excluding hydrogens is 264 g/mol. The summed E-state index contributed by atoms with van der Waals surface area (Å²) in [6, 6.07) is 5.24. The zero-order valence-corrected chi connectivity index (χ0v) is 11.6. The molecule has 5 nitrogen and oxygen atoms in total. The average molecular weight is 279 g/mol. The highest BCUT2D eigenvalue weighted by atomic mass is 35.5. The van der Waals surface area contributed by atoms with Crippen LogP contribution in [0.5, 0.6) is 0 Å². The van der Waals surface area contributed by atoms with Gasteiger partial charge in [-0.05, 0) is 31.5 Å². The Morgan fingerprint density at radius 2 is 2.26 bits per heavy atom. The lowest BCUT2D eigenvalue weighted by molar-refractivity contribution is 0.101. The zero-order valence-electron chi connectivity index (χ0n) is 10.9. The third kappa shape index (κ3) is 3.32. The van der Waals surface area contributed by atoms with Gasteiger partial charge in [0.1, 0.15) is 10.8 Å². The number of carbonyl (C=O) groups is 1. The first kappa shape index (κ1) is 13.5. The van der Waals surface area contributed by atoms with Gasteiger partial charge < -0.3 is 4.57 Å². The van der Waals surface area contributed by atoms with Crippen LogP contribution < -0.4 is 5.32 Å². The average Bonchev–Trinajstić information content (AvgIpc) is 2.76. The standard InChI is InChI=1S/C13H15ClN4O/c1-3-6-18-7-4-5-10(18)12(19)17-13-15-9(2)8-11(14)16-13/h4-5,7-8H,3,6H2,1-2H3,(H,15,16,17,19). The van der Waals surface area contributed by atoms with E-state index >= 15 is 0 Å². The van der Waals surface area contributed by atoms with Crippen molar-refractivity contribution < 1.29 is 4.79 Å². The number of rotatable bonds is 4. The smallest absolute Gasteiger partial charge is 0.274 e. The normalized spacial score (nSPS) is 10.5. The number of hydrogen-bond acceptors (Lipinski definition) is 3. The van der Waals surface area contributed by atoms with Gasteiger partial charge in [-0.3, -0.25) is 10.1 Å². The lowest BCUT2D eigenvalue weighted by atomic mass is 10.4. The van der Waals surface area contributed by atoms with Crippen LogP contribution in [0.4, 0.5) is 5.95 Å². The number of carbonyl (C=O) groups excluding carboxylic acids is 1. The second-order valence-corrected chi connectivity index (χ2v) is 4.58. The molecule has 2 aromatic heterocycles. The molecule has 0 saturated carbocycles. The van der Waals surface area contributed by atoms with Crippen LogP contribution >= 0.6 is 11.6 Å². The fourth-order valence-corrected chi connectivity index (χ4v) is 2.05. The van der Waals surface area contributed by atoms with Crippen molar-refractivity contribution in [3.05, 3.63) is 40.9 Å². The number of aryl methyl sites for hydroxylation is 2. The number of halogens is 1. The van der Waals surface area contributed by atoms with E-state index in [4.69, 9.17) is 11.6 Å². The fourth-order valence-electron chi connectivity index (χ4n) is 1.81. The summed E-state index contributed by atoms with van der Waals surface area (Å²) in [4.78, 5) is 20.2. The molecule has 100 valence electrons. The molecule has 0 spiro atoms. The van der Waals surface area contributed by atoms with Crippen LogP contribution in [-0.4, -0.2) is 20.4 Å². The number of aromatic nitrogens is 3. The highest BCUT2D eigenvalue weighted by Crippen LogP contribution is 2.11. The van der Waals surface area contributed by atoms with Crippen molar-refractivity contribution in [3.8, 4) is 0 Å².